The Labute approximate surface area is 119 Å². The summed E-state index contributed by atoms with van der Waals surface area (Å²) in [6, 6.07) is 11.8. The summed E-state index contributed by atoms with van der Waals surface area (Å²) < 4.78 is 5.20. The lowest BCUT2D eigenvalue weighted by atomic mass is 9.75. The standard InChI is InChI=1S/C16H20N2O2/c1-13-7-5-6-10-16(13,12-17)18-15(19)20-11-14-8-3-2-4-9-14/h2-4,8-9,13H,5-7,10-11H2,1H3,(H,18,19)/t13-,16+/m1/s1. The molecule has 0 aromatic heterocycles. The van der Waals surface area contributed by atoms with Crippen molar-refractivity contribution in [1.82, 2.24) is 5.32 Å². The molecule has 1 fully saturated rings. The number of carbonyl (C=O) groups excluding carboxylic acids is 1. The largest absolute Gasteiger partial charge is 0.445 e. The molecule has 1 saturated carbocycles. The number of rotatable bonds is 3. The highest BCUT2D eigenvalue weighted by Crippen LogP contribution is 2.33. The van der Waals surface area contributed by atoms with Crippen LogP contribution in [0.15, 0.2) is 30.3 Å². The van der Waals surface area contributed by atoms with Gasteiger partial charge in [0.2, 0.25) is 0 Å². The number of amides is 1. The summed E-state index contributed by atoms with van der Waals surface area (Å²) in [5.41, 5.74) is 0.164. The molecule has 0 unspecified atom stereocenters. The molecule has 20 heavy (non-hydrogen) atoms. The van der Waals surface area contributed by atoms with Gasteiger partial charge in [-0.1, -0.05) is 50.1 Å². The molecule has 1 N–H and O–H groups in total. The van der Waals surface area contributed by atoms with Gasteiger partial charge in [-0.05, 0) is 24.3 Å². The summed E-state index contributed by atoms with van der Waals surface area (Å²) >= 11 is 0. The first-order valence-corrected chi connectivity index (χ1v) is 7.06. The Balaban J connectivity index is 1.91. The lowest BCUT2D eigenvalue weighted by Gasteiger charge is -2.36. The summed E-state index contributed by atoms with van der Waals surface area (Å²) in [5.74, 6) is 0.158. The highest BCUT2D eigenvalue weighted by molar-refractivity contribution is 5.69. The van der Waals surface area contributed by atoms with Gasteiger partial charge in [0.05, 0.1) is 6.07 Å². The van der Waals surface area contributed by atoms with Crippen LogP contribution in [0.5, 0.6) is 0 Å². The molecule has 0 bridgehead atoms. The van der Waals surface area contributed by atoms with E-state index in [1.165, 1.54) is 0 Å². The van der Waals surface area contributed by atoms with Gasteiger partial charge in [0, 0.05) is 0 Å². The second-order valence-corrected chi connectivity index (χ2v) is 5.42. The third-order valence-corrected chi connectivity index (χ3v) is 4.04. The summed E-state index contributed by atoms with van der Waals surface area (Å²) in [7, 11) is 0. The number of carbonyl (C=O) groups is 1. The van der Waals surface area contributed by atoms with E-state index in [9.17, 15) is 10.1 Å². The molecule has 106 valence electrons. The number of hydrogen-bond donors (Lipinski definition) is 1. The summed E-state index contributed by atoms with van der Waals surface area (Å²) in [6.45, 7) is 2.24. The van der Waals surface area contributed by atoms with Gasteiger partial charge in [0.15, 0.2) is 0 Å². The fraction of sp³-hybridized carbons (Fsp3) is 0.500. The lowest BCUT2D eigenvalue weighted by Crippen LogP contribution is -2.53. The van der Waals surface area contributed by atoms with E-state index in [1.54, 1.807) is 0 Å². The van der Waals surface area contributed by atoms with Crippen molar-refractivity contribution in [1.29, 1.82) is 5.26 Å². The molecule has 1 aliphatic rings. The van der Waals surface area contributed by atoms with E-state index >= 15 is 0 Å². The van der Waals surface area contributed by atoms with Crippen LogP contribution in [0.25, 0.3) is 0 Å². The molecule has 0 heterocycles. The van der Waals surface area contributed by atoms with E-state index in [1.807, 2.05) is 37.3 Å². The van der Waals surface area contributed by atoms with Crippen molar-refractivity contribution in [2.24, 2.45) is 5.92 Å². The van der Waals surface area contributed by atoms with Crippen LogP contribution >= 0.6 is 0 Å². The lowest BCUT2D eigenvalue weighted by molar-refractivity contribution is 0.116. The predicted octanol–water partition coefficient (Wildman–Crippen LogP) is 3.39. The van der Waals surface area contributed by atoms with Gasteiger partial charge < -0.3 is 10.1 Å². The molecule has 4 nitrogen and oxygen atoms in total. The number of nitrogens with zero attached hydrogens (tertiary/aromatic N) is 1. The molecule has 2 atom stereocenters. The SMILES string of the molecule is C[C@@H]1CCCC[C@@]1(C#N)NC(=O)OCc1ccccc1. The van der Waals surface area contributed by atoms with Crippen molar-refractivity contribution in [3.05, 3.63) is 35.9 Å². The first-order valence-electron chi connectivity index (χ1n) is 7.06. The Morgan fingerprint density at radius 3 is 2.85 bits per heavy atom. The van der Waals surface area contributed by atoms with Crippen molar-refractivity contribution in [3.8, 4) is 6.07 Å². The second-order valence-electron chi connectivity index (χ2n) is 5.42. The molecule has 0 radical (unpaired) electrons. The predicted molar refractivity (Wildman–Crippen MR) is 75.7 cm³/mol. The van der Waals surface area contributed by atoms with Crippen molar-refractivity contribution in [2.45, 2.75) is 44.8 Å². The van der Waals surface area contributed by atoms with Gasteiger partial charge in [0.25, 0.3) is 0 Å². The van der Waals surface area contributed by atoms with Crippen LogP contribution in [-0.2, 0) is 11.3 Å². The second kappa shape index (κ2) is 6.42. The Morgan fingerprint density at radius 1 is 1.45 bits per heavy atom. The molecule has 1 amide bonds. The van der Waals surface area contributed by atoms with Crippen LogP contribution in [0.1, 0.15) is 38.2 Å². The molecule has 2 rings (SSSR count). The van der Waals surface area contributed by atoms with Crippen molar-refractivity contribution in [3.63, 3.8) is 0 Å². The normalized spacial score (nSPS) is 25.5. The molecule has 4 heteroatoms. The zero-order valence-electron chi connectivity index (χ0n) is 11.8. The fourth-order valence-corrected chi connectivity index (χ4v) is 2.67. The summed E-state index contributed by atoms with van der Waals surface area (Å²) in [4.78, 5) is 11.9. The minimum atomic E-state index is -0.772. The molecular formula is C16H20N2O2. The Kier molecular flexibility index (Phi) is 4.62. The van der Waals surface area contributed by atoms with Gasteiger partial charge in [-0.15, -0.1) is 0 Å². The topological polar surface area (TPSA) is 62.1 Å². The first-order chi connectivity index (χ1) is 9.66. The molecule has 0 saturated heterocycles. The first kappa shape index (κ1) is 14.4. The van der Waals surface area contributed by atoms with E-state index in [0.29, 0.717) is 6.42 Å². The van der Waals surface area contributed by atoms with E-state index < -0.39 is 11.6 Å². The highest BCUT2D eigenvalue weighted by atomic mass is 16.5. The minimum absolute atomic E-state index is 0.158. The number of nitrogens with one attached hydrogen (secondary N) is 1. The van der Waals surface area contributed by atoms with Crippen LogP contribution < -0.4 is 5.32 Å². The van der Waals surface area contributed by atoms with Crippen LogP contribution in [0.2, 0.25) is 0 Å². The van der Waals surface area contributed by atoms with Gasteiger partial charge in [-0.25, -0.2) is 4.79 Å². The molecule has 1 aromatic rings. The smallest absolute Gasteiger partial charge is 0.408 e. The zero-order chi connectivity index (χ0) is 14.4. The van der Waals surface area contributed by atoms with Crippen molar-refractivity contribution >= 4 is 6.09 Å². The van der Waals surface area contributed by atoms with Crippen molar-refractivity contribution in [2.75, 3.05) is 0 Å². The minimum Gasteiger partial charge on any atom is -0.445 e. The van der Waals surface area contributed by atoms with Gasteiger partial charge in [-0.2, -0.15) is 5.26 Å². The molecule has 0 aliphatic heterocycles. The van der Waals surface area contributed by atoms with E-state index in [4.69, 9.17) is 4.74 Å². The molecule has 1 aromatic carbocycles. The van der Waals surface area contributed by atoms with E-state index in [-0.39, 0.29) is 12.5 Å². The average molecular weight is 272 g/mol. The number of hydrogen-bond acceptors (Lipinski definition) is 3. The maximum Gasteiger partial charge on any atom is 0.408 e. The monoisotopic (exact) mass is 272 g/mol. The molecule has 0 spiro atoms. The number of nitriles is 1. The van der Waals surface area contributed by atoms with Gasteiger partial charge in [-0.3, -0.25) is 0 Å². The number of ether oxygens (including phenoxy) is 1. The number of benzene rings is 1. The van der Waals surface area contributed by atoms with E-state index in [2.05, 4.69) is 11.4 Å². The fourth-order valence-electron chi connectivity index (χ4n) is 2.67. The van der Waals surface area contributed by atoms with Gasteiger partial charge >= 0.3 is 6.09 Å². The Morgan fingerprint density at radius 2 is 2.20 bits per heavy atom. The summed E-state index contributed by atoms with van der Waals surface area (Å²) in [5, 5.41) is 12.2. The number of alkyl carbamates (subject to hydrolysis) is 1. The third-order valence-electron chi connectivity index (χ3n) is 4.04. The van der Waals surface area contributed by atoms with Crippen LogP contribution in [0.3, 0.4) is 0 Å². The maximum absolute atomic E-state index is 11.9. The van der Waals surface area contributed by atoms with Crippen LogP contribution in [0.4, 0.5) is 4.79 Å². The maximum atomic E-state index is 11.9. The van der Waals surface area contributed by atoms with Crippen molar-refractivity contribution < 1.29 is 9.53 Å². The highest BCUT2D eigenvalue weighted by Gasteiger charge is 2.40. The van der Waals surface area contributed by atoms with Gasteiger partial charge in [0.1, 0.15) is 12.1 Å². The molecule has 1 aliphatic carbocycles. The quantitative estimate of drug-likeness (QED) is 0.917. The Hall–Kier alpha value is -2.02. The summed E-state index contributed by atoms with van der Waals surface area (Å²) in [6.07, 6.45) is 3.24. The molecular weight excluding hydrogens is 252 g/mol. The zero-order valence-corrected chi connectivity index (χ0v) is 11.8. The third kappa shape index (κ3) is 3.30. The van der Waals surface area contributed by atoms with E-state index in [0.717, 1.165) is 24.8 Å². The Bertz CT molecular complexity index is 495. The van der Waals surface area contributed by atoms with Crippen LogP contribution in [-0.4, -0.2) is 11.6 Å². The van der Waals surface area contributed by atoms with Crippen LogP contribution in [0, 0.1) is 17.2 Å². The average Bonchev–Trinajstić information content (AvgIpc) is 2.49.